The van der Waals surface area contributed by atoms with Gasteiger partial charge in [0.25, 0.3) is 0 Å². The zero-order chi connectivity index (χ0) is 29.8. The molecule has 0 bridgehead atoms. The number of aryl methyl sites for hydroxylation is 1. The van der Waals surface area contributed by atoms with Crippen molar-refractivity contribution in [2.24, 2.45) is 5.92 Å². The van der Waals surface area contributed by atoms with Gasteiger partial charge in [0.05, 0.1) is 23.2 Å². The Morgan fingerprint density at radius 3 is 2.23 bits per heavy atom. The van der Waals surface area contributed by atoms with E-state index in [0.29, 0.717) is 37.2 Å². The molecule has 1 aliphatic heterocycles. The maximum absolute atomic E-state index is 13.9. The van der Waals surface area contributed by atoms with Crippen molar-refractivity contribution in [3.63, 3.8) is 0 Å². The number of urea groups is 1. The zero-order valence-corrected chi connectivity index (χ0v) is 22.9. The van der Waals surface area contributed by atoms with Gasteiger partial charge in [-0.05, 0) is 99.8 Å². The highest BCUT2D eigenvalue weighted by atomic mass is 19.4. The number of alkyl halides is 6. The molecular weight excluding hydrogens is 541 g/mol. The second-order valence-corrected chi connectivity index (χ2v) is 10.3. The minimum absolute atomic E-state index is 0.0307. The van der Waals surface area contributed by atoms with Crippen LogP contribution in [0.2, 0.25) is 0 Å². The number of carbonyl (C=O) groups is 1. The maximum atomic E-state index is 13.9. The van der Waals surface area contributed by atoms with Gasteiger partial charge < -0.3 is 20.4 Å². The Bertz CT molecular complexity index is 1140. The van der Waals surface area contributed by atoms with E-state index >= 15 is 0 Å². The number of rotatable bonds is 9. The second-order valence-electron chi connectivity index (χ2n) is 10.3. The molecule has 3 unspecified atom stereocenters. The normalized spacial score (nSPS) is 18.7. The predicted octanol–water partition coefficient (Wildman–Crippen LogP) is 6.55. The summed E-state index contributed by atoms with van der Waals surface area (Å²) in [4.78, 5) is 16.5. The van der Waals surface area contributed by atoms with E-state index in [4.69, 9.17) is 0 Å². The molecule has 2 amide bonds. The van der Waals surface area contributed by atoms with Gasteiger partial charge >= 0.3 is 18.4 Å². The Hall–Kier alpha value is -2.86. The molecule has 0 aliphatic carbocycles. The van der Waals surface area contributed by atoms with Crippen LogP contribution in [0.5, 0.6) is 0 Å². The molecule has 2 aromatic carbocycles. The smallest absolute Gasteiger partial charge is 0.321 e. The molecule has 2 aromatic rings. The summed E-state index contributed by atoms with van der Waals surface area (Å²) in [5.41, 5.74) is -1.76. The zero-order valence-electron chi connectivity index (χ0n) is 22.9. The molecule has 40 heavy (non-hydrogen) atoms. The van der Waals surface area contributed by atoms with Gasteiger partial charge in [0.15, 0.2) is 0 Å². The number of benzene rings is 2. The minimum Gasteiger partial charge on any atom is -0.321 e. The molecule has 5 nitrogen and oxygen atoms in total. The summed E-state index contributed by atoms with van der Waals surface area (Å²) in [6.45, 7) is 5.62. The van der Waals surface area contributed by atoms with Crippen LogP contribution in [-0.4, -0.2) is 56.1 Å². The van der Waals surface area contributed by atoms with E-state index < -0.39 is 47.4 Å². The van der Waals surface area contributed by atoms with Crippen molar-refractivity contribution in [1.82, 2.24) is 20.4 Å². The van der Waals surface area contributed by atoms with E-state index in [-0.39, 0.29) is 17.5 Å². The van der Waals surface area contributed by atoms with Crippen LogP contribution in [0, 0.1) is 18.7 Å². The summed E-state index contributed by atoms with van der Waals surface area (Å²) in [7, 11) is 3.22. The monoisotopic (exact) mass is 576 g/mol. The van der Waals surface area contributed by atoms with Crippen molar-refractivity contribution in [1.29, 1.82) is 0 Å². The molecule has 0 aromatic heterocycles. The highest BCUT2D eigenvalue weighted by Gasteiger charge is 2.41. The highest BCUT2D eigenvalue weighted by molar-refractivity contribution is 5.76. The molecule has 0 spiro atoms. The van der Waals surface area contributed by atoms with Crippen molar-refractivity contribution in [3.8, 4) is 0 Å². The summed E-state index contributed by atoms with van der Waals surface area (Å²) in [5, 5.41) is 6.46. The minimum atomic E-state index is -4.99. The summed E-state index contributed by atoms with van der Waals surface area (Å²) in [5.74, 6) is -0.452. The first kappa shape index (κ1) is 31.7. The van der Waals surface area contributed by atoms with Crippen LogP contribution in [0.4, 0.5) is 35.5 Å². The third-order valence-corrected chi connectivity index (χ3v) is 7.48. The van der Waals surface area contributed by atoms with Crippen LogP contribution in [0.25, 0.3) is 0 Å². The van der Waals surface area contributed by atoms with Crippen molar-refractivity contribution in [2.45, 2.75) is 51.1 Å². The standard InChI is InChI=1S/C28H35F7N4O/c1-17-12-23(29)6-7-24(17)25-19(16-37-10-5-9-36-3)8-11-39(25)26(40)38(4)18(2)20-13-21(27(30,31)32)15-22(14-20)28(33,34)35/h6-7,12-15,18-19,25,36-37H,5,8-11,16H2,1-4H3. The van der Waals surface area contributed by atoms with Gasteiger partial charge in [0, 0.05) is 20.1 Å². The number of amides is 2. The van der Waals surface area contributed by atoms with Gasteiger partial charge in [0.1, 0.15) is 5.82 Å². The number of nitrogens with zero attached hydrogens (tertiary/aromatic N) is 2. The molecule has 1 fully saturated rings. The number of nitrogens with one attached hydrogen (secondary N) is 2. The molecule has 12 heteroatoms. The Labute approximate surface area is 229 Å². The molecule has 0 saturated carbocycles. The SMILES string of the molecule is CNCCCNCC1CCN(C(=O)N(C)C(C)c2cc(C(F)(F)F)cc(C(F)(F)F)c2)C1c1ccc(F)cc1C. The fraction of sp³-hybridized carbons (Fsp3) is 0.536. The van der Waals surface area contributed by atoms with Crippen LogP contribution in [-0.2, 0) is 12.4 Å². The first-order valence-electron chi connectivity index (χ1n) is 13.1. The lowest BCUT2D eigenvalue weighted by Gasteiger charge is -2.35. The molecule has 222 valence electrons. The molecule has 1 heterocycles. The lowest BCUT2D eigenvalue weighted by molar-refractivity contribution is -0.143. The van der Waals surface area contributed by atoms with E-state index in [1.807, 2.05) is 7.05 Å². The fourth-order valence-electron chi connectivity index (χ4n) is 5.17. The van der Waals surface area contributed by atoms with Crippen LogP contribution in [0.3, 0.4) is 0 Å². The van der Waals surface area contributed by atoms with Gasteiger partial charge in [-0.25, -0.2) is 9.18 Å². The van der Waals surface area contributed by atoms with Crippen molar-refractivity contribution in [2.75, 3.05) is 40.3 Å². The topological polar surface area (TPSA) is 47.6 Å². The lowest BCUT2D eigenvalue weighted by Crippen LogP contribution is -2.43. The van der Waals surface area contributed by atoms with E-state index in [2.05, 4.69) is 10.6 Å². The third-order valence-electron chi connectivity index (χ3n) is 7.48. The van der Waals surface area contributed by atoms with Gasteiger partial charge in [-0.15, -0.1) is 0 Å². The van der Waals surface area contributed by atoms with Crippen molar-refractivity contribution in [3.05, 3.63) is 70.0 Å². The van der Waals surface area contributed by atoms with Crippen molar-refractivity contribution < 1.29 is 35.5 Å². The van der Waals surface area contributed by atoms with E-state index in [0.717, 1.165) is 30.0 Å². The Balaban J connectivity index is 1.91. The van der Waals surface area contributed by atoms with Crippen LogP contribution in [0.1, 0.15) is 59.7 Å². The molecule has 1 aliphatic rings. The molecular formula is C28H35F7N4O. The van der Waals surface area contributed by atoms with Crippen molar-refractivity contribution >= 4 is 6.03 Å². The average Bonchev–Trinajstić information content (AvgIpc) is 3.29. The summed E-state index contributed by atoms with van der Waals surface area (Å²) in [6, 6.07) is 3.60. The number of carbonyl (C=O) groups excluding carboxylic acids is 1. The molecule has 2 N–H and O–H groups in total. The first-order chi connectivity index (χ1) is 18.6. The highest BCUT2D eigenvalue weighted by Crippen LogP contribution is 2.41. The van der Waals surface area contributed by atoms with E-state index in [9.17, 15) is 35.5 Å². The number of hydrogen-bond donors (Lipinski definition) is 2. The lowest BCUT2D eigenvalue weighted by atomic mass is 9.90. The summed E-state index contributed by atoms with van der Waals surface area (Å²) in [6.07, 6.45) is -8.47. The van der Waals surface area contributed by atoms with Crippen LogP contribution in [0.15, 0.2) is 36.4 Å². The fourth-order valence-corrected chi connectivity index (χ4v) is 5.17. The Morgan fingerprint density at radius 1 is 1.05 bits per heavy atom. The number of likely N-dealkylation sites (tertiary alicyclic amines) is 1. The van der Waals surface area contributed by atoms with Crippen LogP contribution < -0.4 is 10.6 Å². The van der Waals surface area contributed by atoms with Gasteiger partial charge in [-0.1, -0.05) is 6.07 Å². The summed E-state index contributed by atoms with van der Waals surface area (Å²) >= 11 is 0. The first-order valence-corrected chi connectivity index (χ1v) is 13.1. The number of hydrogen-bond acceptors (Lipinski definition) is 3. The molecule has 0 radical (unpaired) electrons. The third kappa shape index (κ3) is 7.45. The van der Waals surface area contributed by atoms with E-state index in [1.165, 1.54) is 26.1 Å². The van der Waals surface area contributed by atoms with Gasteiger partial charge in [-0.2, -0.15) is 26.3 Å². The van der Waals surface area contributed by atoms with Gasteiger partial charge in [0.2, 0.25) is 0 Å². The average molecular weight is 577 g/mol. The second kappa shape index (κ2) is 12.8. The quantitative estimate of drug-likeness (QED) is 0.263. The molecule has 1 saturated heterocycles. The Morgan fingerprint density at radius 2 is 1.68 bits per heavy atom. The Kier molecular flexibility index (Phi) is 10.1. The summed E-state index contributed by atoms with van der Waals surface area (Å²) < 4.78 is 94.5. The maximum Gasteiger partial charge on any atom is 0.416 e. The number of halogens is 7. The van der Waals surface area contributed by atoms with Crippen LogP contribution >= 0.6 is 0 Å². The molecule has 3 atom stereocenters. The largest absolute Gasteiger partial charge is 0.416 e. The van der Waals surface area contributed by atoms with Gasteiger partial charge in [-0.3, -0.25) is 0 Å². The molecule has 3 rings (SSSR count). The van der Waals surface area contributed by atoms with E-state index in [1.54, 1.807) is 17.9 Å². The predicted molar refractivity (Wildman–Crippen MR) is 138 cm³/mol.